The van der Waals surface area contributed by atoms with Crippen LogP contribution in [0.25, 0.3) is 10.2 Å². The number of carbonyl (C=O) groups excluding carboxylic acids is 1. The summed E-state index contributed by atoms with van der Waals surface area (Å²) in [6.45, 7) is 5.92. The van der Waals surface area contributed by atoms with Crippen LogP contribution in [0.15, 0.2) is 47.4 Å². The Labute approximate surface area is 192 Å². The first-order valence-electron chi connectivity index (χ1n) is 10.1. The van der Waals surface area contributed by atoms with Gasteiger partial charge >= 0.3 is 0 Å². The van der Waals surface area contributed by atoms with Gasteiger partial charge in [0.15, 0.2) is 5.13 Å². The van der Waals surface area contributed by atoms with E-state index in [2.05, 4.69) is 43.0 Å². The summed E-state index contributed by atoms with van der Waals surface area (Å²) in [6, 6.07) is 14.0. The molecule has 0 saturated heterocycles. The molecule has 0 saturated carbocycles. The number of rotatable bonds is 9. The van der Waals surface area contributed by atoms with E-state index in [1.165, 1.54) is 16.2 Å². The van der Waals surface area contributed by atoms with E-state index < -0.39 is 0 Å². The van der Waals surface area contributed by atoms with Crippen LogP contribution in [-0.4, -0.2) is 48.2 Å². The molecule has 0 N–H and O–H groups in total. The molecule has 7 heteroatoms. The summed E-state index contributed by atoms with van der Waals surface area (Å²) >= 11 is 9.48. The van der Waals surface area contributed by atoms with Crippen molar-refractivity contribution in [3.8, 4) is 0 Å². The van der Waals surface area contributed by atoms with Crippen LogP contribution in [0.4, 0.5) is 5.13 Å². The maximum atomic E-state index is 13.2. The number of carbonyl (C=O) groups is 1. The van der Waals surface area contributed by atoms with Gasteiger partial charge in [0.25, 0.3) is 0 Å². The summed E-state index contributed by atoms with van der Waals surface area (Å²) in [7, 11) is 4.09. The third-order valence-corrected chi connectivity index (χ3v) is 6.80. The molecule has 0 aliphatic rings. The predicted octanol–water partition coefficient (Wildman–Crippen LogP) is 5.98. The fourth-order valence-corrected chi connectivity index (χ4v) is 5.22. The van der Waals surface area contributed by atoms with E-state index in [-0.39, 0.29) is 5.91 Å². The number of thioether (sulfide) groups is 1. The van der Waals surface area contributed by atoms with Crippen molar-refractivity contribution in [1.29, 1.82) is 0 Å². The van der Waals surface area contributed by atoms with Gasteiger partial charge in [-0.3, -0.25) is 9.69 Å². The fourth-order valence-electron chi connectivity index (χ4n) is 3.10. The van der Waals surface area contributed by atoms with Gasteiger partial charge in [-0.25, -0.2) is 4.98 Å². The van der Waals surface area contributed by atoms with Crippen molar-refractivity contribution in [1.82, 2.24) is 9.88 Å². The van der Waals surface area contributed by atoms with Gasteiger partial charge in [0.1, 0.15) is 0 Å². The van der Waals surface area contributed by atoms with Crippen molar-refractivity contribution in [2.75, 3.05) is 32.1 Å². The lowest BCUT2D eigenvalue weighted by Crippen LogP contribution is -2.34. The molecule has 0 radical (unpaired) electrons. The Kier molecular flexibility index (Phi) is 8.17. The van der Waals surface area contributed by atoms with Crippen molar-refractivity contribution in [3.63, 3.8) is 0 Å². The number of benzene rings is 2. The molecule has 3 rings (SSSR count). The second-order valence-electron chi connectivity index (χ2n) is 7.80. The highest BCUT2D eigenvalue weighted by Gasteiger charge is 2.20. The largest absolute Gasteiger partial charge is 0.309 e. The van der Waals surface area contributed by atoms with Crippen LogP contribution < -0.4 is 4.90 Å². The van der Waals surface area contributed by atoms with E-state index in [0.29, 0.717) is 23.2 Å². The molecule has 0 spiro atoms. The summed E-state index contributed by atoms with van der Waals surface area (Å²) in [5.74, 6) is 0.0724. The van der Waals surface area contributed by atoms with Crippen LogP contribution >= 0.6 is 34.7 Å². The molecule has 0 aliphatic heterocycles. The predicted molar refractivity (Wildman–Crippen MR) is 131 cm³/mol. The number of amides is 1. The molecule has 1 amide bonds. The van der Waals surface area contributed by atoms with E-state index in [4.69, 9.17) is 16.6 Å². The van der Waals surface area contributed by atoms with Crippen LogP contribution in [0.1, 0.15) is 25.8 Å². The lowest BCUT2D eigenvalue weighted by molar-refractivity contribution is -0.118. The van der Waals surface area contributed by atoms with Crippen LogP contribution in [0.5, 0.6) is 0 Å². The van der Waals surface area contributed by atoms with Crippen LogP contribution in [0, 0.1) is 0 Å². The standard InChI is InChI=1S/C23H28ClN3OS2/c1-16(2)29-19-9-6-17(7-10-19)14-22(28)27(13-5-12-26(3)4)23-25-20-11-8-18(24)15-21(20)30-23/h6-11,15-16H,5,12-14H2,1-4H3. The first-order valence-corrected chi connectivity index (χ1v) is 12.2. The van der Waals surface area contributed by atoms with E-state index >= 15 is 0 Å². The zero-order valence-corrected chi connectivity index (χ0v) is 20.3. The molecule has 0 atom stereocenters. The van der Waals surface area contributed by atoms with Crippen molar-refractivity contribution < 1.29 is 4.79 Å². The zero-order valence-electron chi connectivity index (χ0n) is 17.9. The molecule has 0 bridgehead atoms. The van der Waals surface area contributed by atoms with Crippen LogP contribution in [-0.2, 0) is 11.2 Å². The normalized spacial score (nSPS) is 11.6. The average Bonchev–Trinajstić information content (AvgIpc) is 3.08. The second kappa shape index (κ2) is 10.6. The minimum Gasteiger partial charge on any atom is -0.309 e. The maximum Gasteiger partial charge on any atom is 0.233 e. The van der Waals surface area contributed by atoms with E-state index in [9.17, 15) is 4.79 Å². The number of thiazole rings is 1. The van der Waals surface area contributed by atoms with Crippen LogP contribution in [0.2, 0.25) is 5.02 Å². The third-order valence-electron chi connectivity index (χ3n) is 4.51. The average molecular weight is 462 g/mol. The fraction of sp³-hybridized carbons (Fsp3) is 0.391. The van der Waals surface area contributed by atoms with Crippen molar-refractivity contribution in [2.24, 2.45) is 0 Å². The highest BCUT2D eigenvalue weighted by molar-refractivity contribution is 7.99. The molecule has 0 unspecified atom stereocenters. The molecule has 0 aliphatic carbocycles. The third kappa shape index (κ3) is 6.45. The van der Waals surface area contributed by atoms with Crippen molar-refractivity contribution in [3.05, 3.63) is 53.1 Å². The highest BCUT2D eigenvalue weighted by Crippen LogP contribution is 2.31. The Morgan fingerprint density at radius 1 is 1.13 bits per heavy atom. The van der Waals surface area contributed by atoms with Gasteiger partial charge in [-0.05, 0) is 63.0 Å². The number of nitrogens with zero attached hydrogens (tertiary/aromatic N) is 3. The highest BCUT2D eigenvalue weighted by atomic mass is 35.5. The Balaban J connectivity index is 1.78. The lowest BCUT2D eigenvalue weighted by Gasteiger charge is -2.21. The zero-order chi connectivity index (χ0) is 21.7. The summed E-state index contributed by atoms with van der Waals surface area (Å²) in [6.07, 6.45) is 1.25. The molecule has 160 valence electrons. The minimum absolute atomic E-state index is 0.0724. The molecular formula is C23H28ClN3OS2. The number of fused-ring (bicyclic) bond motifs is 1. The smallest absolute Gasteiger partial charge is 0.233 e. The molecule has 0 fully saturated rings. The van der Waals surface area contributed by atoms with Gasteiger partial charge in [0.2, 0.25) is 5.91 Å². The summed E-state index contributed by atoms with van der Waals surface area (Å²) < 4.78 is 0.998. The topological polar surface area (TPSA) is 36.4 Å². The molecule has 1 aromatic heterocycles. The van der Waals surface area contributed by atoms with Crippen molar-refractivity contribution >= 4 is 56.0 Å². The Morgan fingerprint density at radius 3 is 2.53 bits per heavy atom. The molecule has 1 heterocycles. The van der Waals surface area contributed by atoms with Gasteiger partial charge in [0.05, 0.1) is 16.6 Å². The molecule has 4 nitrogen and oxygen atoms in total. The molecule has 3 aromatic rings. The van der Waals surface area contributed by atoms with Gasteiger partial charge in [-0.2, -0.15) is 0 Å². The summed E-state index contributed by atoms with van der Waals surface area (Å²) in [4.78, 5) is 23.1. The molecule has 30 heavy (non-hydrogen) atoms. The number of hydrogen-bond acceptors (Lipinski definition) is 5. The Morgan fingerprint density at radius 2 is 1.87 bits per heavy atom. The SMILES string of the molecule is CC(C)Sc1ccc(CC(=O)N(CCCN(C)C)c2nc3ccc(Cl)cc3s2)cc1. The van der Waals surface area contributed by atoms with Gasteiger partial charge < -0.3 is 4.90 Å². The first kappa shape index (κ1) is 23.1. The summed E-state index contributed by atoms with van der Waals surface area (Å²) in [5.41, 5.74) is 1.90. The van der Waals surface area contributed by atoms with Gasteiger partial charge in [-0.1, -0.05) is 48.9 Å². The van der Waals surface area contributed by atoms with E-state index in [0.717, 1.165) is 33.9 Å². The number of anilines is 1. The number of halogens is 1. The Bertz CT molecular complexity index is 986. The monoisotopic (exact) mass is 461 g/mol. The molecule has 2 aromatic carbocycles. The lowest BCUT2D eigenvalue weighted by atomic mass is 10.1. The van der Waals surface area contributed by atoms with Crippen LogP contribution in [0.3, 0.4) is 0 Å². The second-order valence-corrected chi connectivity index (χ2v) is 10.9. The first-order chi connectivity index (χ1) is 14.3. The number of hydrogen-bond donors (Lipinski definition) is 0. The molecular weight excluding hydrogens is 434 g/mol. The van der Waals surface area contributed by atoms with Crippen molar-refractivity contribution in [2.45, 2.75) is 36.8 Å². The summed E-state index contributed by atoms with van der Waals surface area (Å²) in [5, 5.41) is 1.96. The maximum absolute atomic E-state index is 13.2. The van der Waals surface area contributed by atoms with Gasteiger partial charge in [0, 0.05) is 21.7 Å². The minimum atomic E-state index is 0.0724. The van der Waals surface area contributed by atoms with Gasteiger partial charge in [-0.15, -0.1) is 11.8 Å². The Hall–Kier alpha value is -1.60. The number of aromatic nitrogens is 1. The quantitative estimate of drug-likeness (QED) is 0.367. The van der Waals surface area contributed by atoms with E-state index in [1.807, 2.05) is 49.0 Å². The van der Waals surface area contributed by atoms with E-state index in [1.54, 1.807) is 0 Å².